The SMILES string of the molecule is CC(C)C1CC[C@H]2C(=CCC3[C@](C)(C(N)=O)CCC[C@@]32C)C1. The second-order valence-electron chi connectivity index (χ2n) is 9.05. The fourth-order valence-corrected chi connectivity index (χ4v) is 6.08. The summed E-state index contributed by atoms with van der Waals surface area (Å²) in [5.41, 5.74) is 7.53. The van der Waals surface area contributed by atoms with E-state index in [1.807, 2.05) is 0 Å². The van der Waals surface area contributed by atoms with Gasteiger partial charge in [0.1, 0.15) is 0 Å². The Morgan fingerprint density at radius 1 is 1.27 bits per heavy atom. The molecule has 5 atom stereocenters. The van der Waals surface area contributed by atoms with Gasteiger partial charge in [-0.2, -0.15) is 0 Å². The third-order valence-corrected chi connectivity index (χ3v) is 7.67. The maximum Gasteiger partial charge on any atom is 0.223 e. The van der Waals surface area contributed by atoms with E-state index < -0.39 is 0 Å². The monoisotopic (exact) mass is 303 g/mol. The summed E-state index contributed by atoms with van der Waals surface area (Å²) in [7, 11) is 0. The van der Waals surface area contributed by atoms with Crippen molar-refractivity contribution >= 4 is 5.91 Å². The van der Waals surface area contributed by atoms with Gasteiger partial charge in [-0.25, -0.2) is 0 Å². The molecule has 2 heteroatoms. The molecule has 0 aromatic heterocycles. The van der Waals surface area contributed by atoms with E-state index in [1.165, 1.54) is 25.7 Å². The zero-order valence-electron chi connectivity index (χ0n) is 14.8. The third-order valence-electron chi connectivity index (χ3n) is 7.67. The van der Waals surface area contributed by atoms with Crippen LogP contribution in [-0.2, 0) is 4.79 Å². The van der Waals surface area contributed by atoms with E-state index >= 15 is 0 Å². The molecular formula is C20H33NO. The van der Waals surface area contributed by atoms with Gasteiger partial charge in [-0.1, -0.05) is 45.8 Å². The van der Waals surface area contributed by atoms with Crippen molar-refractivity contribution in [1.29, 1.82) is 0 Å². The minimum absolute atomic E-state index is 0.0730. The van der Waals surface area contributed by atoms with Crippen molar-refractivity contribution in [3.8, 4) is 0 Å². The predicted octanol–water partition coefficient (Wildman–Crippen LogP) is 4.69. The average Bonchev–Trinajstić information content (AvgIpc) is 2.46. The Morgan fingerprint density at radius 3 is 2.64 bits per heavy atom. The van der Waals surface area contributed by atoms with Crippen LogP contribution in [-0.4, -0.2) is 5.91 Å². The van der Waals surface area contributed by atoms with Gasteiger partial charge < -0.3 is 5.73 Å². The summed E-state index contributed by atoms with van der Waals surface area (Å²) in [6.07, 6.45) is 10.9. The van der Waals surface area contributed by atoms with E-state index in [-0.39, 0.29) is 16.7 Å². The molecule has 1 amide bonds. The van der Waals surface area contributed by atoms with Crippen LogP contribution in [0.2, 0.25) is 0 Å². The maximum absolute atomic E-state index is 12.2. The van der Waals surface area contributed by atoms with Crippen LogP contribution in [0.15, 0.2) is 11.6 Å². The molecule has 22 heavy (non-hydrogen) atoms. The molecule has 2 saturated carbocycles. The van der Waals surface area contributed by atoms with Crippen LogP contribution in [0, 0.1) is 34.5 Å². The molecular weight excluding hydrogens is 270 g/mol. The fraction of sp³-hybridized carbons (Fsp3) is 0.850. The van der Waals surface area contributed by atoms with Crippen molar-refractivity contribution < 1.29 is 4.79 Å². The van der Waals surface area contributed by atoms with Gasteiger partial charge in [0.05, 0.1) is 0 Å². The zero-order valence-corrected chi connectivity index (χ0v) is 14.8. The van der Waals surface area contributed by atoms with Gasteiger partial charge in [0.15, 0.2) is 0 Å². The highest BCUT2D eigenvalue weighted by Crippen LogP contribution is 2.62. The second kappa shape index (κ2) is 5.39. The first kappa shape index (κ1) is 16.1. The molecule has 0 radical (unpaired) electrons. The van der Waals surface area contributed by atoms with E-state index in [1.54, 1.807) is 5.57 Å². The number of primary amides is 1. The summed E-state index contributed by atoms with van der Waals surface area (Å²) < 4.78 is 0. The summed E-state index contributed by atoms with van der Waals surface area (Å²) in [5, 5.41) is 0. The normalized spacial score (nSPS) is 45.0. The molecule has 3 aliphatic carbocycles. The topological polar surface area (TPSA) is 43.1 Å². The number of hydrogen-bond donors (Lipinski definition) is 1. The van der Waals surface area contributed by atoms with Gasteiger partial charge in [0, 0.05) is 5.41 Å². The lowest BCUT2D eigenvalue weighted by atomic mass is 9.46. The molecule has 0 heterocycles. The highest BCUT2D eigenvalue weighted by molar-refractivity contribution is 5.81. The van der Waals surface area contributed by atoms with Crippen LogP contribution < -0.4 is 5.73 Å². The molecule has 0 bridgehead atoms. The first-order chi connectivity index (χ1) is 10.3. The number of fused-ring (bicyclic) bond motifs is 3. The van der Waals surface area contributed by atoms with Gasteiger partial charge >= 0.3 is 0 Å². The van der Waals surface area contributed by atoms with Crippen molar-refractivity contribution in [2.24, 2.45) is 40.2 Å². The molecule has 0 aliphatic heterocycles. The second-order valence-corrected chi connectivity index (χ2v) is 9.05. The van der Waals surface area contributed by atoms with Crippen LogP contribution >= 0.6 is 0 Å². The number of hydrogen-bond acceptors (Lipinski definition) is 1. The van der Waals surface area contributed by atoms with Crippen molar-refractivity contribution in [1.82, 2.24) is 0 Å². The number of carbonyl (C=O) groups excluding carboxylic acids is 1. The molecule has 0 aromatic carbocycles. The van der Waals surface area contributed by atoms with Crippen molar-refractivity contribution in [2.45, 2.75) is 72.6 Å². The first-order valence-electron chi connectivity index (χ1n) is 9.28. The Balaban J connectivity index is 1.92. The van der Waals surface area contributed by atoms with E-state index in [4.69, 9.17) is 5.73 Å². The number of allylic oxidation sites excluding steroid dienone is 2. The summed E-state index contributed by atoms with van der Waals surface area (Å²) in [4.78, 5) is 12.2. The Kier molecular flexibility index (Phi) is 3.94. The van der Waals surface area contributed by atoms with Gasteiger partial charge in [-0.15, -0.1) is 0 Å². The molecule has 0 aromatic rings. The molecule has 0 spiro atoms. The lowest BCUT2D eigenvalue weighted by Gasteiger charge is -2.58. The third kappa shape index (κ3) is 2.25. The summed E-state index contributed by atoms with van der Waals surface area (Å²) >= 11 is 0. The van der Waals surface area contributed by atoms with Gasteiger partial charge in [-0.05, 0) is 67.6 Å². The van der Waals surface area contributed by atoms with Gasteiger partial charge in [0.25, 0.3) is 0 Å². The fourth-order valence-electron chi connectivity index (χ4n) is 6.08. The van der Waals surface area contributed by atoms with Gasteiger partial charge in [0.2, 0.25) is 5.91 Å². The predicted molar refractivity (Wildman–Crippen MR) is 91.1 cm³/mol. The Labute approximate surface area is 135 Å². The Bertz CT molecular complexity index is 494. The molecule has 2 nitrogen and oxygen atoms in total. The number of rotatable bonds is 2. The summed E-state index contributed by atoms with van der Waals surface area (Å²) in [6.45, 7) is 9.33. The van der Waals surface area contributed by atoms with Gasteiger partial charge in [-0.3, -0.25) is 4.79 Å². The molecule has 0 saturated heterocycles. The minimum atomic E-state index is -0.302. The van der Waals surface area contributed by atoms with E-state index in [0.717, 1.165) is 31.1 Å². The Hall–Kier alpha value is -0.790. The maximum atomic E-state index is 12.2. The smallest absolute Gasteiger partial charge is 0.223 e. The van der Waals surface area contributed by atoms with Crippen molar-refractivity contribution in [3.05, 3.63) is 11.6 Å². The van der Waals surface area contributed by atoms with Crippen LogP contribution in [0.5, 0.6) is 0 Å². The highest BCUT2D eigenvalue weighted by Gasteiger charge is 2.56. The highest BCUT2D eigenvalue weighted by atomic mass is 16.1. The molecule has 2 fully saturated rings. The van der Waals surface area contributed by atoms with Crippen LogP contribution in [0.25, 0.3) is 0 Å². The molecule has 2 N–H and O–H groups in total. The molecule has 3 aliphatic rings. The summed E-state index contributed by atoms with van der Waals surface area (Å²) in [5.74, 6) is 2.70. The zero-order chi connectivity index (χ0) is 16.1. The quantitative estimate of drug-likeness (QED) is 0.739. The first-order valence-corrected chi connectivity index (χ1v) is 9.28. The Morgan fingerprint density at radius 2 is 2.00 bits per heavy atom. The number of carbonyl (C=O) groups is 1. The number of amides is 1. The molecule has 2 unspecified atom stereocenters. The van der Waals surface area contributed by atoms with E-state index in [2.05, 4.69) is 33.8 Å². The van der Waals surface area contributed by atoms with Crippen molar-refractivity contribution in [2.75, 3.05) is 0 Å². The molecule has 3 rings (SSSR count). The minimum Gasteiger partial charge on any atom is -0.369 e. The summed E-state index contributed by atoms with van der Waals surface area (Å²) in [6, 6.07) is 0. The lowest BCUT2D eigenvalue weighted by molar-refractivity contribution is -0.141. The standard InChI is InChI=1S/C20H33NO/c1-13(2)14-6-8-16-15(12-14)7-9-17-19(16,3)10-5-11-20(17,4)18(21)22/h7,13-14,16-17H,5-6,8-12H2,1-4H3,(H2,21,22)/t14?,16-,17?,19+,20+/m0/s1. The number of nitrogens with two attached hydrogens (primary N) is 1. The molecule has 124 valence electrons. The average molecular weight is 303 g/mol. The van der Waals surface area contributed by atoms with E-state index in [0.29, 0.717) is 11.8 Å². The van der Waals surface area contributed by atoms with Crippen molar-refractivity contribution in [3.63, 3.8) is 0 Å². The van der Waals surface area contributed by atoms with Crippen LogP contribution in [0.3, 0.4) is 0 Å². The van der Waals surface area contributed by atoms with Crippen LogP contribution in [0.1, 0.15) is 72.6 Å². The lowest BCUT2D eigenvalue weighted by Crippen LogP contribution is -2.55. The van der Waals surface area contributed by atoms with Crippen LogP contribution in [0.4, 0.5) is 0 Å². The largest absolute Gasteiger partial charge is 0.369 e. The van der Waals surface area contributed by atoms with E-state index in [9.17, 15) is 4.79 Å².